The zero-order chi connectivity index (χ0) is 35.2. The molecule has 0 aliphatic heterocycles. The van der Waals surface area contributed by atoms with E-state index in [4.69, 9.17) is 9.05 Å². The summed E-state index contributed by atoms with van der Waals surface area (Å²) in [6.45, 7) is 3.51. The Morgan fingerprint density at radius 3 is 1.83 bits per heavy atom. The molecule has 0 saturated heterocycles. The van der Waals surface area contributed by atoms with Crippen LogP contribution in [0.25, 0.3) is 0 Å². The molecule has 0 bridgehead atoms. The first-order valence-corrected chi connectivity index (χ1v) is 18.5. The Morgan fingerprint density at radius 1 is 0.745 bits per heavy atom. The van der Waals surface area contributed by atoms with E-state index in [9.17, 15) is 50.0 Å². The molecule has 1 aliphatic rings. The van der Waals surface area contributed by atoms with Gasteiger partial charge in [-0.05, 0) is 44.9 Å². The lowest BCUT2D eigenvalue weighted by Crippen LogP contribution is -2.64. The lowest BCUT2D eigenvalue weighted by molar-refractivity contribution is -0.220. The molecule has 0 radical (unpaired) electrons. The zero-order valence-corrected chi connectivity index (χ0v) is 28.8. The maximum absolute atomic E-state index is 12.8. The van der Waals surface area contributed by atoms with E-state index in [0.717, 1.165) is 64.2 Å². The van der Waals surface area contributed by atoms with E-state index in [2.05, 4.69) is 37.4 Å². The van der Waals surface area contributed by atoms with Crippen LogP contribution in [0, 0.1) is 0 Å². The topological polar surface area (TPSA) is 226 Å². The van der Waals surface area contributed by atoms with Gasteiger partial charge in [-0.25, -0.2) is 4.57 Å². The van der Waals surface area contributed by atoms with Crippen LogP contribution in [0.15, 0.2) is 36.5 Å². The fraction of sp³-hybridized carbons (Fsp3) is 0.788. The van der Waals surface area contributed by atoms with Crippen molar-refractivity contribution in [2.45, 2.75) is 159 Å². The molecule has 9 N–H and O–H groups in total. The smallest absolute Gasteiger partial charge is 0.393 e. The number of phosphoric acid groups is 1. The number of phosphoric ester groups is 1. The molecule has 1 aliphatic carbocycles. The summed E-state index contributed by atoms with van der Waals surface area (Å²) in [4.78, 5) is 23.1. The monoisotopic (exact) mass is 693 g/mol. The summed E-state index contributed by atoms with van der Waals surface area (Å²) in [7, 11) is -5.13. The van der Waals surface area contributed by atoms with Gasteiger partial charge < -0.3 is 46.0 Å². The molecule has 0 heterocycles. The number of nitrogens with one attached hydrogen (secondary N) is 1. The number of rotatable bonds is 25. The summed E-state index contributed by atoms with van der Waals surface area (Å²) in [5.41, 5.74) is 0. The van der Waals surface area contributed by atoms with Crippen LogP contribution in [0.5, 0.6) is 0 Å². The summed E-state index contributed by atoms with van der Waals surface area (Å²) in [6.07, 6.45) is 8.85. The van der Waals surface area contributed by atoms with E-state index in [0.29, 0.717) is 12.8 Å². The highest BCUT2D eigenvalue weighted by Crippen LogP contribution is 2.47. The minimum atomic E-state index is -5.13. The maximum Gasteiger partial charge on any atom is 0.472 e. The third kappa shape index (κ3) is 18.2. The van der Waals surface area contributed by atoms with Crippen molar-refractivity contribution in [1.29, 1.82) is 0 Å². The standard InChI is InChI=1S/C33H60NO12P/c1-3-5-7-9-11-13-14-16-18-20-24(35)22-27(37)34-25(26(36)21-19-17-15-12-10-8-6-4-2)23-45-47(43,44)46-33-31(41)29(39)28(38)30(40)32(33)42/h9-12,19,21,24-26,28-33,35-36,38-42H,3-8,13-18,20,22-23H2,1-2H3,(H,34,37)(H,43,44)/b11-9-,12-10+,21-19+. The van der Waals surface area contributed by atoms with Gasteiger partial charge in [0.05, 0.1) is 31.3 Å². The molecular formula is C33H60NO12P. The van der Waals surface area contributed by atoms with Crippen molar-refractivity contribution in [2.24, 2.45) is 0 Å². The molecule has 0 spiro atoms. The Balaban J connectivity index is 2.76. The van der Waals surface area contributed by atoms with Crippen LogP contribution < -0.4 is 5.32 Å². The largest absolute Gasteiger partial charge is 0.472 e. The molecular weight excluding hydrogens is 633 g/mol. The normalized spacial score (nSPS) is 26.9. The predicted octanol–water partition coefficient (Wildman–Crippen LogP) is 2.68. The molecule has 0 aromatic heterocycles. The summed E-state index contributed by atoms with van der Waals surface area (Å²) in [5.74, 6) is -0.622. The van der Waals surface area contributed by atoms with Crippen LogP contribution in [-0.4, -0.2) is 108 Å². The van der Waals surface area contributed by atoms with Crippen LogP contribution in [0.1, 0.15) is 104 Å². The molecule has 8 atom stereocenters. The van der Waals surface area contributed by atoms with E-state index in [1.165, 1.54) is 12.5 Å². The number of unbranched alkanes of at least 4 members (excludes halogenated alkanes) is 8. The minimum Gasteiger partial charge on any atom is -0.393 e. The molecule has 8 unspecified atom stereocenters. The van der Waals surface area contributed by atoms with Crippen molar-refractivity contribution in [3.63, 3.8) is 0 Å². The average molecular weight is 694 g/mol. The molecule has 13 nitrogen and oxygen atoms in total. The van der Waals surface area contributed by atoms with Crippen molar-refractivity contribution in [3.05, 3.63) is 36.5 Å². The van der Waals surface area contributed by atoms with Gasteiger partial charge in [0, 0.05) is 0 Å². The quantitative estimate of drug-likeness (QED) is 0.0382. The molecule has 0 aromatic carbocycles. The average Bonchev–Trinajstić information content (AvgIpc) is 3.03. The van der Waals surface area contributed by atoms with E-state index in [1.807, 2.05) is 6.08 Å². The van der Waals surface area contributed by atoms with Gasteiger partial charge in [-0.1, -0.05) is 88.8 Å². The van der Waals surface area contributed by atoms with E-state index in [-0.39, 0.29) is 6.42 Å². The van der Waals surface area contributed by atoms with Gasteiger partial charge in [0.1, 0.15) is 36.6 Å². The Bertz CT molecular complexity index is 963. The Hall–Kier alpha value is -1.48. The van der Waals surface area contributed by atoms with Crippen LogP contribution >= 0.6 is 7.82 Å². The van der Waals surface area contributed by atoms with E-state index < -0.39 is 75.2 Å². The molecule has 1 fully saturated rings. The van der Waals surface area contributed by atoms with Crippen molar-refractivity contribution in [3.8, 4) is 0 Å². The first-order valence-electron chi connectivity index (χ1n) is 17.0. The summed E-state index contributed by atoms with van der Waals surface area (Å²) in [5, 5.41) is 73.5. The molecule has 1 saturated carbocycles. The van der Waals surface area contributed by atoms with Gasteiger partial charge in [0.25, 0.3) is 0 Å². The summed E-state index contributed by atoms with van der Waals surface area (Å²) < 4.78 is 22.5. The fourth-order valence-electron chi connectivity index (χ4n) is 4.98. The summed E-state index contributed by atoms with van der Waals surface area (Å²) in [6, 6.07) is -1.26. The third-order valence-corrected chi connectivity index (χ3v) is 8.93. The Morgan fingerprint density at radius 2 is 1.26 bits per heavy atom. The van der Waals surface area contributed by atoms with Crippen molar-refractivity contribution < 1.29 is 59.0 Å². The van der Waals surface area contributed by atoms with Gasteiger partial charge in [-0.15, -0.1) is 0 Å². The fourth-order valence-corrected chi connectivity index (χ4v) is 5.95. The third-order valence-electron chi connectivity index (χ3n) is 7.95. The second kappa shape index (κ2) is 24.6. The number of hydrogen-bond donors (Lipinski definition) is 9. The van der Waals surface area contributed by atoms with E-state index >= 15 is 0 Å². The van der Waals surface area contributed by atoms with Crippen LogP contribution in [-0.2, 0) is 18.4 Å². The number of carbonyl (C=O) groups excluding carboxylic acids is 1. The van der Waals surface area contributed by atoms with Crippen LogP contribution in [0.2, 0.25) is 0 Å². The van der Waals surface area contributed by atoms with Gasteiger partial charge >= 0.3 is 7.82 Å². The number of amides is 1. The number of carbonyl (C=O) groups is 1. The molecule has 14 heteroatoms. The number of allylic oxidation sites excluding steroid dienone is 5. The lowest BCUT2D eigenvalue weighted by Gasteiger charge is -2.41. The zero-order valence-electron chi connectivity index (χ0n) is 27.9. The van der Waals surface area contributed by atoms with Crippen molar-refractivity contribution in [2.75, 3.05) is 6.61 Å². The van der Waals surface area contributed by atoms with Crippen molar-refractivity contribution in [1.82, 2.24) is 5.32 Å². The summed E-state index contributed by atoms with van der Waals surface area (Å²) >= 11 is 0. The molecule has 0 aromatic rings. The number of aliphatic hydroxyl groups excluding tert-OH is 7. The van der Waals surface area contributed by atoms with Crippen LogP contribution in [0.4, 0.5) is 0 Å². The molecule has 47 heavy (non-hydrogen) atoms. The van der Waals surface area contributed by atoms with Gasteiger partial charge in [-0.2, -0.15) is 0 Å². The number of aliphatic hydroxyl groups is 7. The Labute approximate surface area is 279 Å². The van der Waals surface area contributed by atoms with Gasteiger partial charge in [0.2, 0.25) is 5.91 Å². The van der Waals surface area contributed by atoms with Gasteiger partial charge in [0.15, 0.2) is 0 Å². The highest BCUT2D eigenvalue weighted by atomic mass is 31.2. The second-order valence-electron chi connectivity index (χ2n) is 12.2. The molecule has 1 rings (SSSR count). The maximum atomic E-state index is 12.8. The first-order chi connectivity index (χ1) is 22.3. The first kappa shape index (κ1) is 43.5. The van der Waals surface area contributed by atoms with Crippen LogP contribution in [0.3, 0.4) is 0 Å². The number of hydrogen-bond acceptors (Lipinski definition) is 11. The van der Waals surface area contributed by atoms with E-state index in [1.54, 1.807) is 6.08 Å². The van der Waals surface area contributed by atoms with Crippen molar-refractivity contribution >= 4 is 13.7 Å². The van der Waals surface area contributed by atoms with Gasteiger partial charge in [-0.3, -0.25) is 13.8 Å². The lowest BCUT2D eigenvalue weighted by atomic mass is 9.85. The predicted molar refractivity (Wildman–Crippen MR) is 178 cm³/mol. The second-order valence-corrected chi connectivity index (χ2v) is 13.6. The highest BCUT2D eigenvalue weighted by Gasteiger charge is 2.51. The molecule has 274 valence electrons. The SMILES string of the molecule is CCCC/C=C\CCCCCC(O)CC(=O)NC(COP(=O)(O)OC1C(O)C(O)C(O)C(O)C1O)C(O)/C=C/CC/C=C/CCCC. The Kier molecular flexibility index (Phi) is 22.8. The molecule has 1 amide bonds. The highest BCUT2D eigenvalue weighted by molar-refractivity contribution is 7.47. The minimum absolute atomic E-state index is 0.266.